The summed E-state index contributed by atoms with van der Waals surface area (Å²) in [6, 6.07) is 0. The van der Waals surface area contributed by atoms with E-state index >= 15 is 0 Å². The molecule has 116 valence electrons. The van der Waals surface area contributed by atoms with Crippen molar-refractivity contribution in [1.29, 1.82) is 0 Å². The highest BCUT2D eigenvalue weighted by molar-refractivity contribution is 4.96. The van der Waals surface area contributed by atoms with Gasteiger partial charge in [0.2, 0.25) is 0 Å². The largest absolute Gasteiger partial charge is 0.412 e. The molecule has 3 aliphatic rings. The average Bonchev–Trinajstić information content (AvgIpc) is 2.27. The molecule has 3 fully saturated rings. The average molecular weight is 271 g/mol. The van der Waals surface area contributed by atoms with Crippen LogP contribution in [0.2, 0.25) is 0 Å². The SMILES string of the molecule is C1CCC1.CC.CC(C)C1CC2(CCNCC2)C1.O. The van der Waals surface area contributed by atoms with E-state index in [9.17, 15) is 0 Å². The van der Waals surface area contributed by atoms with Gasteiger partial charge in [-0.1, -0.05) is 53.4 Å². The molecule has 2 nitrogen and oxygen atoms in total. The fourth-order valence-electron chi connectivity index (χ4n) is 3.14. The second kappa shape index (κ2) is 9.77. The van der Waals surface area contributed by atoms with Crippen molar-refractivity contribution in [2.24, 2.45) is 17.3 Å². The van der Waals surface area contributed by atoms with E-state index in [1.165, 1.54) is 64.5 Å². The van der Waals surface area contributed by atoms with Crippen LogP contribution in [0.4, 0.5) is 0 Å². The van der Waals surface area contributed by atoms with Crippen LogP contribution >= 0.6 is 0 Å². The molecular formula is C17H37NO. The molecule has 19 heavy (non-hydrogen) atoms. The Kier molecular flexibility index (Phi) is 9.72. The second-order valence-electron chi connectivity index (χ2n) is 6.58. The Morgan fingerprint density at radius 2 is 1.32 bits per heavy atom. The van der Waals surface area contributed by atoms with Crippen LogP contribution in [-0.4, -0.2) is 18.6 Å². The third-order valence-corrected chi connectivity index (χ3v) is 5.00. The molecule has 0 unspecified atom stereocenters. The fraction of sp³-hybridized carbons (Fsp3) is 1.00. The quantitative estimate of drug-likeness (QED) is 0.763. The van der Waals surface area contributed by atoms with Crippen LogP contribution in [0.25, 0.3) is 0 Å². The molecule has 3 rings (SSSR count). The van der Waals surface area contributed by atoms with Gasteiger partial charge in [-0.15, -0.1) is 0 Å². The summed E-state index contributed by atoms with van der Waals surface area (Å²) in [5.41, 5.74) is 0.792. The summed E-state index contributed by atoms with van der Waals surface area (Å²) in [6.07, 6.45) is 11.9. The van der Waals surface area contributed by atoms with Crippen LogP contribution in [0, 0.1) is 17.3 Å². The maximum atomic E-state index is 3.45. The molecule has 0 bridgehead atoms. The van der Waals surface area contributed by atoms with Gasteiger partial charge in [0.05, 0.1) is 0 Å². The summed E-state index contributed by atoms with van der Waals surface area (Å²) >= 11 is 0. The Labute approximate surface area is 121 Å². The van der Waals surface area contributed by atoms with Gasteiger partial charge in [0.15, 0.2) is 0 Å². The summed E-state index contributed by atoms with van der Waals surface area (Å²) in [5, 5.41) is 3.45. The Morgan fingerprint density at radius 1 is 0.895 bits per heavy atom. The third-order valence-electron chi connectivity index (χ3n) is 5.00. The van der Waals surface area contributed by atoms with Gasteiger partial charge >= 0.3 is 0 Å². The Bertz CT molecular complexity index is 193. The minimum Gasteiger partial charge on any atom is -0.412 e. The maximum absolute atomic E-state index is 3.45. The van der Waals surface area contributed by atoms with Gasteiger partial charge in [-0.3, -0.25) is 0 Å². The highest BCUT2D eigenvalue weighted by atomic mass is 16.0. The number of hydrogen-bond acceptors (Lipinski definition) is 1. The molecule has 0 aromatic heterocycles. The molecule has 2 heteroatoms. The van der Waals surface area contributed by atoms with Crippen molar-refractivity contribution in [2.45, 2.75) is 79.1 Å². The normalized spacial score (nSPS) is 23.8. The van der Waals surface area contributed by atoms with E-state index in [0.29, 0.717) is 0 Å². The van der Waals surface area contributed by atoms with Gasteiger partial charge in [0.1, 0.15) is 0 Å². The van der Waals surface area contributed by atoms with Crippen molar-refractivity contribution in [3.63, 3.8) is 0 Å². The smallest absolute Gasteiger partial charge is 0.00436 e. The van der Waals surface area contributed by atoms with Crippen molar-refractivity contribution in [3.8, 4) is 0 Å². The summed E-state index contributed by atoms with van der Waals surface area (Å²) in [4.78, 5) is 0. The lowest BCUT2D eigenvalue weighted by atomic mass is 9.55. The third kappa shape index (κ3) is 5.83. The molecule has 3 N–H and O–H groups in total. The van der Waals surface area contributed by atoms with E-state index < -0.39 is 0 Å². The predicted molar refractivity (Wildman–Crippen MR) is 85.5 cm³/mol. The fourth-order valence-corrected chi connectivity index (χ4v) is 3.14. The van der Waals surface area contributed by atoms with E-state index in [2.05, 4.69) is 19.2 Å². The second-order valence-corrected chi connectivity index (χ2v) is 6.58. The first-order valence-electron chi connectivity index (χ1n) is 8.43. The van der Waals surface area contributed by atoms with Crippen LogP contribution in [0.5, 0.6) is 0 Å². The Morgan fingerprint density at radius 3 is 1.63 bits per heavy atom. The lowest BCUT2D eigenvalue weighted by Crippen LogP contribution is -2.46. The monoisotopic (exact) mass is 271 g/mol. The lowest BCUT2D eigenvalue weighted by molar-refractivity contribution is -0.00191. The Hall–Kier alpha value is -0.0800. The van der Waals surface area contributed by atoms with Gasteiger partial charge < -0.3 is 10.8 Å². The van der Waals surface area contributed by atoms with Crippen molar-refractivity contribution >= 4 is 0 Å². The number of rotatable bonds is 1. The molecule has 0 atom stereocenters. The maximum Gasteiger partial charge on any atom is -0.00436 e. The van der Waals surface area contributed by atoms with Crippen molar-refractivity contribution < 1.29 is 5.48 Å². The van der Waals surface area contributed by atoms with Gasteiger partial charge in [-0.2, -0.15) is 0 Å². The zero-order chi connectivity index (χ0) is 13.4. The minimum absolute atomic E-state index is 0. The zero-order valence-corrected chi connectivity index (χ0v) is 13.7. The molecular weight excluding hydrogens is 234 g/mol. The lowest BCUT2D eigenvalue weighted by Gasteiger charge is -2.52. The molecule has 1 saturated heterocycles. The van der Waals surface area contributed by atoms with E-state index in [1.54, 1.807) is 0 Å². The van der Waals surface area contributed by atoms with Gasteiger partial charge in [0.25, 0.3) is 0 Å². The zero-order valence-electron chi connectivity index (χ0n) is 13.7. The topological polar surface area (TPSA) is 43.5 Å². The molecule has 1 spiro atoms. The van der Waals surface area contributed by atoms with E-state index in [4.69, 9.17) is 0 Å². The predicted octanol–water partition coefficient (Wildman–Crippen LogP) is 4.18. The van der Waals surface area contributed by atoms with Crippen molar-refractivity contribution in [3.05, 3.63) is 0 Å². The van der Waals surface area contributed by atoms with Gasteiger partial charge in [-0.25, -0.2) is 0 Å². The molecule has 0 radical (unpaired) electrons. The van der Waals surface area contributed by atoms with Crippen LogP contribution in [0.1, 0.15) is 79.1 Å². The van der Waals surface area contributed by atoms with Crippen LogP contribution in [-0.2, 0) is 0 Å². The highest BCUT2D eigenvalue weighted by Gasteiger charge is 2.44. The highest BCUT2D eigenvalue weighted by Crippen LogP contribution is 2.53. The molecule has 1 heterocycles. The summed E-state index contributed by atoms with van der Waals surface area (Å²) in [6.45, 7) is 11.3. The molecule has 1 aliphatic heterocycles. The Balaban J connectivity index is 0.000000393. The standard InChI is InChI=1S/C11H21N.C4H8.C2H6.H2O/c1-9(2)10-7-11(8-10)3-5-12-6-4-11;1-2-4-3-1;1-2;/h9-10,12H,3-8H2,1-2H3;1-4H2;1-2H3;1H2. The summed E-state index contributed by atoms with van der Waals surface area (Å²) in [7, 11) is 0. The molecule has 2 aliphatic carbocycles. The van der Waals surface area contributed by atoms with Crippen LogP contribution < -0.4 is 5.32 Å². The van der Waals surface area contributed by atoms with Crippen molar-refractivity contribution in [1.82, 2.24) is 5.32 Å². The minimum atomic E-state index is 0. The van der Waals surface area contributed by atoms with E-state index in [1.807, 2.05) is 13.8 Å². The first-order chi connectivity index (χ1) is 8.72. The van der Waals surface area contributed by atoms with Crippen molar-refractivity contribution in [2.75, 3.05) is 13.1 Å². The summed E-state index contributed by atoms with van der Waals surface area (Å²) < 4.78 is 0. The molecule has 0 aromatic carbocycles. The number of nitrogens with one attached hydrogen (secondary N) is 1. The molecule has 2 saturated carbocycles. The number of hydrogen-bond donors (Lipinski definition) is 1. The molecule has 0 aromatic rings. The molecule has 0 amide bonds. The summed E-state index contributed by atoms with van der Waals surface area (Å²) in [5.74, 6) is 1.97. The number of piperidine rings is 1. The van der Waals surface area contributed by atoms with Crippen LogP contribution in [0.15, 0.2) is 0 Å². The first kappa shape index (κ1) is 18.9. The van der Waals surface area contributed by atoms with E-state index in [-0.39, 0.29) is 5.48 Å². The van der Waals surface area contributed by atoms with E-state index in [0.717, 1.165) is 17.3 Å². The van der Waals surface area contributed by atoms with Gasteiger partial charge in [0, 0.05) is 0 Å². The van der Waals surface area contributed by atoms with Gasteiger partial charge in [-0.05, 0) is 56.0 Å². The first-order valence-corrected chi connectivity index (χ1v) is 8.43. The van der Waals surface area contributed by atoms with Crippen LogP contribution in [0.3, 0.4) is 0 Å².